The van der Waals surface area contributed by atoms with E-state index in [0.29, 0.717) is 19.1 Å². The molecule has 8 heteroatoms. The molecule has 2 rings (SSSR count). The number of hydrogen-bond acceptors (Lipinski definition) is 5. The number of nitrogens with one attached hydrogen (secondary N) is 2. The largest absolute Gasteiger partial charge is 0.494 e. The van der Waals surface area contributed by atoms with Crippen LogP contribution in [0.15, 0.2) is 29.3 Å². The molecule has 0 radical (unpaired) electrons. The molecule has 0 aliphatic carbocycles. The molecule has 1 heterocycles. The van der Waals surface area contributed by atoms with Gasteiger partial charge in [-0.25, -0.2) is 8.42 Å². The Morgan fingerprint density at radius 3 is 2.70 bits per heavy atom. The fraction of sp³-hybridized carbons (Fsp3) is 0.682. The zero-order valence-electron chi connectivity index (χ0n) is 18.7. The molecule has 2 N–H and O–H groups in total. The monoisotopic (exact) mass is 438 g/mol. The van der Waals surface area contributed by atoms with Crippen molar-refractivity contribution in [2.45, 2.75) is 45.6 Å². The minimum atomic E-state index is -2.90. The third kappa shape index (κ3) is 9.80. The highest BCUT2D eigenvalue weighted by Crippen LogP contribution is 2.14. The molecule has 1 aliphatic heterocycles. The van der Waals surface area contributed by atoms with Gasteiger partial charge in [0.2, 0.25) is 0 Å². The Hall–Kier alpha value is -1.80. The van der Waals surface area contributed by atoms with Crippen LogP contribution in [-0.2, 0) is 16.3 Å². The number of hydrogen-bond donors (Lipinski definition) is 2. The number of ether oxygens (including phenoxy) is 1. The van der Waals surface area contributed by atoms with Crippen molar-refractivity contribution in [1.29, 1.82) is 0 Å². The number of aliphatic imine (C=N–C) groups is 1. The van der Waals surface area contributed by atoms with Crippen molar-refractivity contribution in [3.8, 4) is 5.75 Å². The van der Waals surface area contributed by atoms with Crippen molar-refractivity contribution in [2.75, 3.05) is 51.3 Å². The van der Waals surface area contributed by atoms with E-state index in [1.54, 1.807) is 0 Å². The van der Waals surface area contributed by atoms with Gasteiger partial charge in [-0.15, -0.1) is 0 Å². The molecule has 0 spiro atoms. The second-order valence-corrected chi connectivity index (χ2v) is 10.2. The van der Waals surface area contributed by atoms with E-state index in [9.17, 15) is 8.42 Å². The first kappa shape index (κ1) is 24.5. The van der Waals surface area contributed by atoms with E-state index in [1.807, 2.05) is 12.1 Å². The number of piperidine rings is 1. The first-order chi connectivity index (χ1) is 14.4. The van der Waals surface area contributed by atoms with Crippen molar-refractivity contribution < 1.29 is 13.2 Å². The molecule has 0 aromatic heterocycles. The third-order valence-corrected chi connectivity index (χ3v) is 6.02. The molecule has 30 heavy (non-hydrogen) atoms. The van der Waals surface area contributed by atoms with Gasteiger partial charge in [-0.3, -0.25) is 4.99 Å². The molecule has 0 amide bonds. The summed E-state index contributed by atoms with van der Waals surface area (Å²) in [5.41, 5.74) is 1.22. The predicted molar refractivity (Wildman–Crippen MR) is 124 cm³/mol. The lowest BCUT2D eigenvalue weighted by atomic mass is 10.1. The second kappa shape index (κ2) is 12.8. The Labute approximate surface area is 182 Å². The first-order valence-electron chi connectivity index (χ1n) is 11.1. The van der Waals surface area contributed by atoms with Crippen LogP contribution in [0.25, 0.3) is 0 Å². The Morgan fingerprint density at radius 2 is 2.03 bits per heavy atom. The molecule has 0 atom stereocenters. The molecular weight excluding hydrogens is 400 g/mol. The van der Waals surface area contributed by atoms with Gasteiger partial charge in [0, 0.05) is 45.0 Å². The number of rotatable bonds is 11. The van der Waals surface area contributed by atoms with Crippen LogP contribution in [0.3, 0.4) is 0 Å². The van der Waals surface area contributed by atoms with Gasteiger partial charge in [-0.2, -0.15) is 0 Å². The van der Waals surface area contributed by atoms with Crippen LogP contribution in [0.5, 0.6) is 5.75 Å². The average molecular weight is 439 g/mol. The van der Waals surface area contributed by atoms with Crippen molar-refractivity contribution in [1.82, 2.24) is 15.5 Å². The lowest BCUT2D eigenvalue weighted by Gasteiger charge is -2.32. The van der Waals surface area contributed by atoms with Gasteiger partial charge in [0.25, 0.3) is 0 Å². The zero-order valence-corrected chi connectivity index (χ0v) is 19.5. The summed E-state index contributed by atoms with van der Waals surface area (Å²) < 4.78 is 28.4. The van der Waals surface area contributed by atoms with Crippen molar-refractivity contribution in [3.63, 3.8) is 0 Å². The van der Waals surface area contributed by atoms with Crippen LogP contribution in [0.4, 0.5) is 0 Å². The summed E-state index contributed by atoms with van der Waals surface area (Å²) in [6.07, 6.45) is 5.15. The zero-order chi connectivity index (χ0) is 21.8. The van der Waals surface area contributed by atoms with Crippen molar-refractivity contribution in [2.24, 2.45) is 4.99 Å². The van der Waals surface area contributed by atoms with E-state index in [4.69, 9.17) is 9.73 Å². The molecule has 170 valence electrons. The molecule has 0 unspecified atom stereocenters. The lowest BCUT2D eigenvalue weighted by molar-refractivity contribution is 0.216. The first-order valence-corrected chi connectivity index (χ1v) is 13.1. The molecule has 1 aromatic rings. The Kier molecular flexibility index (Phi) is 10.4. The number of guanidine groups is 1. The van der Waals surface area contributed by atoms with Crippen LogP contribution < -0.4 is 15.4 Å². The summed E-state index contributed by atoms with van der Waals surface area (Å²) in [6.45, 7) is 8.89. The minimum Gasteiger partial charge on any atom is -0.494 e. The van der Waals surface area contributed by atoms with Crippen LogP contribution in [0.2, 0.25) is 0 Å². The van der Waals surface area contributed by atoms with Crippen molar-refractivity contribution >= 4 is 15.8 Å². The van der Waals surface area contributed by atoms with E-state index in [2.05, 4.69) is 41.5 Å². The minimum absolute atomic E-state index is 0.236. The summed E-state index contributed by atoms with van der Waals surface area (Å²) in [7, 11) is -2.90. The average Bonchev–Trinajstić information content (AvgIpc) is 2.71. The number of nitrogens with zero attached hydrogens (tertiary/aromatic N) is 2. The predicted octanol–water partition coefficient (Wildman–Crippen LogP) is 2.08. The normalized spacial score (nSPS) is 16.4. The SMILES string of the molecule is CCCOc1cccc(CCN=C(NCC)NC2CCN(CCS(C)(=O)=O)CC2)c1. The lowest BCUT2D eigenvalue weighted by Crippen LogP contribution is -2.49. The number of sulfone groups is 1. The van der Waals surface area contributed by atoms with Gasteiger partial charge < -0.3 is 20.3 Å². The van der Waals surface area contributed by atoms with Gasteiger partial charge in [0.15, 0.2) is 5.96 Å². The summed E-state index contributed by atoms with van der Waals surface area (Å²) in [4.78, 5) is 6.98. The smallest absolute Gasteiger partial charge is 0.191 e. The van der Waals surface area contributed by atoms with Gasteiger partial charge in [0.05, 0.1) is 12.4 Å². The fourth-order valence-electron chi connectivity index (χ4n) is 3.42. The summed E-state index contributed by atoms with van der Waals surface area (Å²) >= 11 is 0. The standard InChI is InChI=1S/C22H38N4O3S/c1-4-16-29-21-8-6-7-19(18-21)9-12-24-22(23-5-2)25-20-10-13-26(14-11-20)15-17-30(3,27)28/h6-8,18,20H,4-5,9-17H2,1-3H3,(H2,23,24,25). The second-order valence-electron chi connectivity index (χ2n) is 7.90. The molecule has 7 nitrogen and oxygen atoms in total. The number of likely N-dealkylation sites (tertiary alicyclic amines) is 1. The van der Waals surface area contributed by atoms with Crippen LogP contribution in [0, 0.1) is 0 Å². The van der Waals surface area contributed by atoms with Gasteiger partial charge in [-0.05, 0) is 50.3 Å². The summed E-state index contributed by atoms with van der Waals surface area (Å²) in [6, 6.07) is 8.60. The van der Waals surface area contributed by atoms with E-state index in [1.165, 1.54) is 11.8 Å². The van der Waals surface area contributed by atoms with E-state index in [0.717, 1.165) is 63.6 Å². The van der Waals surface area contributed by atoms with E-state index in [-0.39, 0.29) is 5.75 Å². The Bertz CT molecular complexity index is 759. The highest BCUT2D eigenvalue weighted by molar-refractivity contribution is 7.90. The summed E-state index contributed by atoms with van der Waals surface area (Å²) in [5, 5.41) is 6.88. The molecular formula is C22H38N4O3S. The van der Waals surface area contributed by atoms with Crippen LogP contribution >= 0.6 is 0 Å². The quantitative estimate of drug-likeness (QED) is 0.407. The summed E-state index contributed by atoms with van der Waals surface area (Å²) in [5.74, 6) is 2.01. The van der Waals surface area contributed by atoms with E-state index < -0.39 is 9.84 Å². The topological polar surface area (TPSA) is 83.0 Å². The van der Waals surface area contributed by atoms with Crippen LogP contribution in [0.1, 0.15) is 38.7 Å². The van der Waals surface area contributed by atoms with Crippen LogP contribution in [-0.4, -0.2) is 76.7 Å². The Balaban J connectivity index is 1.79. The molecule has 1 saturated heterocycles. The molecule has 0 saturated carbocycles. The molecule has 1 aromatic carbocycles. The maximum atomic E-state index is 11.4. The van der Waals surface area contributed by atoms with Crippen molar-refractivity contribution in [3.05, 3.63) is 29.8 Å². The fourth-order valence-corrected chi connectivity index (χ4v) is 4.01. The van der Waals surface area contributed by atoms with Gasteiger partial charge in [0.1, 0.15) is 15.6 Å². The molecule has 1 fully saturated rings. The Morgan fingerprint density at radius 1 is 1.27 bits per heavy atom. The van der Waals surface area contributed by atoms with Gasteiger partial charge in [-0.1, -0.05) is 19.1 Å². The maximum Gasteiger partial charge on any atom is 0.191 e. The third-order valence-electron chi connectivity index (χ3n) is 5.09. The molecule has 1 aliphatic rings. The maximum absolute atomic E-state index is 11.4. The highest BCUT2D eigenvalue weighted by atomic mass is 32.2. The highest BCUT2D eigenvalue weighted by Gasteiger charge is 2.20. The van der Waals surface area contributed by atoms with Gasteiger partial charge >= 0.3 is 0 Å². The molecule has 0 bridgehead atoms. The van der Waals surface area contributed by atoms with E-state index >= 15 is 0 Å². The number of benzene rings is 1.